The molecule has 1 aromatic heterocycles. The van der Waals surface area contributed by atoms with Gasteiger partial charge < -0.3 is 14.5 Å². The van der Waals surface area contributed by atoms with Gasteiger partial charge in [0.15, 0.2) is 0 Å². The van der Waals surface area contributed by atoms with Gasteiger partial charge in [-0.15, -0.1) is 0 Å². The second-order valence-corrected chi connectivity index (χ2v) is 7.46. The normalized spacial score (nSPS) is 22.9. The van der Waals surface area contributed by atoms with Crippen molar-refractivity contribution < 1.29 is 14.3 Å². The number of hydrogen-bond acceptors (Lipinski definition) is 4. The number of aromatic nitrogens is 1. The molecule has 0 saturated carbocycles. The first-order valence-electron chi connectivity index (χ1n) is 9.28. The van der Waals surface area contributed by atoms with E-state index in [0.29, 0.717) is 26.1 Å². The fourth-order valence-electron chi connectivity index (χ4n) is 4.11. The molecule has 0 bridgehead atoms. The summed E-state index contributed by atoms with van der Waals surface area (Å²) in [5, 5.41) is 0.931. The summed E-state index contributed by atoms with van der Waals surface area (Å²) in [6.07, 6.45) is 1.86. The molecule has 0 aliphatic carbocycles. The van der Waals surface area contributed by atoms with E-state index in [4.69, 9.17) is 4.74 Å². The van der Waals surface area contributed by atoms with Crippen molar-refractivity contribution in [2.75, 3.05) is 26.7 Å². The maximum Gasteiger partial charge on any atom is 0.410 e. The van der Waals surface area contributed by atoms with Gasteiger partial charge in [-0.2, -0.15) is 0 Å². The molecule has 2 saturated heterocycles. The molecule has 2 aromatic rings. The molecule has 3 heterocycles. The van der Waals surface area contributed by atoms with Gasteiger partial charge in [0, 0.05) is 32.6 Å². The van der Waals surface area contributed by atoms with Crippen LogP contribution in [-0.2, 0) is 16.1 Å². The number of amides is 2. The summed E-state index contributed by atoms with van der Waals surface area (Å²) in [6.45, 7) is 1.73. The summed E-state index contributed by atoms with van der Waals surface area (Å²) < 4.78 is 7.13. The lowest BCUT2D eigenvalue weighted by Crippen LogP contribution is -2.39. The summed E-state index contributed by atoms with van der Waals surface area (Å²) in [5.41, 5.74) is 0.0904. The molecule has 1 aromatic carbocycles. The molecular weight excluding hydrogens is 346 g/mol. The Morgan fingerprint density at radius 1 is 1.11 bits per heavy atom. The third kappa shape index (κ3) is 3.29. The molecule has 2 aliphatic heterocycles. The van der Waals surface area contributed by atoms with Crippen molar-refractivity contribution in [2.45, 2.75) is 31.4 Å². The fourth-order valence-corrected chi connectivity index (χ4v) is 4.11. The highest BCUT2D eigenvalue weighted by Crippen LogP contribution is 2.32. The van der Waals surface area contributed by atoms with Crippen LogP contribution in [0, 0.1) is 0 Å². The van der Waals surface area contributed by atoms with E-state index in [-0.39, 0.29) is 24.1 Å². The van der Waals surface area contributed by atoms with Crippen molar-refractivity contribution >= 4 is 22.9 Å². The van der Waals surface area contributed by atoms with Crippen LogP contribution in [0.25, 0.3) is 10.9 Å². The molecule has 0 unspecified atom stereocenters. The van der Waals surface area contributed by atoms with Crippen molar-refractivity contribution in [3.63, 3.8) is 0 Å². The number of hydrogen-bond donors (Lipinski definition) is 0. The number of nitrogens with zero attached hydrogens (tertiary/aromatic N) is 3. The minimum atomic E-state index is -0.489. The first kappa shape index (κ1) is 17.6. The second-order valence-electron chi connectivity index (χ2n) is 7.46. The van der Waals surface area contributed by atoms with Crippen LogP contribution in [0.5, 0.6) is 0 Å². The van der Waals surface area contributed by atoms with Crippen molar-refractivity contribution in [2.24, 2.45) is 0 Å². The minimum absolute atomic E-state index is 0.0207. The first-order valence-corrected chi connectivity index (χ1v) is 9.28. The van der Waals surface area contributed by atoms with Crippen molar-refractivity contribution in [1.82, 2.24) is 14.4 Å². The smallest absolute Gasteiger partial charge is 0.410 e. The van der Waals surface area contributed by atoms with Gasteiger partial charge in [-0.25, -0.2) is 4.79 Å². The molecule has 0 N–H and O–H groups in total. The van der Waals surface area contributed by atoms with E-state index in [1.54, 1.807) is 22.9 Å². The molecule has 4 rings (SSSR count). The average Bonchev–Trinajstić information content (AvgIpc) is 2.81. The standard InChI is InChI=1S/C20H23N3O4/c1-21-14-20(27-19(21)26)9-4-11-22(12-10-20)18(25)13-23-16-6-3-2-5-15(16)7-8-17(23)24/h2-3,5-8H,4,9-14H2,1H3/t20-/m1/s1. The molecule has 2 aliphatic rings. The zero-order valence-electron chi connectivity index (χ0n) is 15.4. The summed E-state index contributed by atoms with van der Waals surface area (Å²) >= 11 is 0. The quantitative estimate of drug-likeness (QED) is 0.810. The third-order valence-corrected chi connectivity index (χ3v) is 5.58. The third-order valence-electron chi connectivity index (χ3n) is 5.58. The monoisotopic (exact) mass is 369 g/mol. The Morgan fingerprint density at radius 2 is 1.93 bits per heavy atom. The van der Waals surface area contributed by atoms with Gasteiger partial charge in [-0.1, -0.05) is 18.2 Å². The predicted molar refractivity (Wildman–Crippen MR) is 100 cm³/mol. The number of likely N-dealkylation sites (N-methyl/N-ethyl adjacent to an activating group) is 1. The van der Waals surface area contributed by atoms with Crippen LogP contribution in [0.2, 0.25) is 0 Å². The zero-order valence-corrected chi connectivity index (χ0v) is 15.4. The van der Waals surface area contributed by atoms with Crippen LogP contribution < -0.4 is 5.56 Å². The first-order chi connectivity index (χ1) is 13.0. The van der Waals surface area contributed by atoms with Crippen LogP contribution in [-0.4, -0.2) is 58.7 Å². The maximum absolute atomic E-state index is 12.9. The average molecular weight is 369 g/mol. The lowest BCUT2D eigenvalue weighted by molar-refractivity contribution is -0.131. The molecule has 7 nitrogen and oxygen atoms in total. The minimum Gasteiger partial charge on any atom is -0.441 e. The number of para-hydroxylation sites is 1. The molecule has 2 amide bonds. The molecule has 0 radical (unpaired) electrons. The Balaban J connectivity index is 1.51. The Hall–Kier alpha value is -2.83. The SMILES string of the molecule is CN1C[C@]2(CCCN(C(=O)Cn3c(=O)ccc4ccccc43)CC2)OC1=O. The maximum atomic E-state index is 12.9. The number of likely N-dealkylation sites (tertiary alicyclic amines) is 1. The second kappa shape index (κ2) is 6.72. The number of pyridine rings is 1. The van der Waals surface area contributed by atoms with E-state index >= 15 is 0 Å². The number of ether oxygens (including phenoxy) is 1. The van der Waals surface area contributed by atoms with Crippen LogP contribution >= 0.6 is 0 Å². The van der Waals surface area contributed by atoms with E-state index in [1.165, 1.54) is 10.6 Å². The Bertz CT molecular complexity index is 954. The van der Waals surface area contributed by atoms with Gasteiger partial charge in [-0.3, -0.25) is 14.2 Å². The van der Waals surface area contributed by atoms with Gasteiger partial charge in [0.2, 0.25) is 5.91 Å². The van der Waals surface area contributed by atoms with E-state index in [0.717, 1.165) is 23.7 Å². The van der Waals surface area contributed by atoms with Gasteiger partial charge >= 0.3 is 6.09 Å². The molecule has 2 fully saturated rings. The lowest BCUT2D eigenvalue weighted by Gasteiger charge is -2.25. The Kier molecular flexibility index (Phi) is 4.37. The van der Waals surface area contributed by atoms with Gasteiger partial charge in [0.1, 0.15) is 12.1 Å². The van der Waals surface area contributed by atoms with E-state index in [9.17, 15) is 14.4 Å². The van der Waals surface area contributed by atoms with Gasteiger partial charge in [0.05, 0.1) is 12.1 Å². The zero-order chi connectivity index (χ0) is 19.0. The lowest BCUT2D eigenvalue weighted by atomic mass is 9.95. The highest BCUT2D eigenvalue weighted by atomic mass is 16.6. The summed E-state index contributed by atoms with van der Waals surface area (Å²) in [4.78, 5) is 40.4. The molecule has 1 atom stereocenters. The van der Waals surface area contributed by atoms with Crippen molar-refractivity contribution in [3.05, 3.63) is 46.8 Å². The van der Waals surface area contributed by atoms with Crippen LogP contribution in [0.15, 0.2) is 41.2 Å². The van der Waals surface area contributed by atoms with Crippen LogP contribution in [0.1, 0.15) is 19.3 Å². The predicted octanol–water partition coefficient (Wildman–Crippen LogP) is 1.83. The van der Waals surface area contributed by atoms with E-state index < -0.39 is 5.60 Å². The fraction of sp³-hybridized carbons (Fsp3) is 0.450. The van der Waals surface area contributed by atoms with Crippen molar-refractivity contribution in [1.29, 1.82) is 0 Å². The number of rotatable bonds is 2. The summed E-state index contributed by atoms with van der Waals surface area (Å²) in [7, 11) is 1.73. The Labute approximate surface area is 157 Å². The van der Waals surface area contributed by atoms with Crippen molar-refractivity contribution in [3.8, 4) is 0 Å². The summed E-state index contributed by atoms with van der Waals surface area (Å²) in [5.74, 6) is -0.0804. The number of fused-ring (bicyclic) bond motifs is 1. The molecule has 27 heavy (non-hydrogen) atoms. The summed E-state index contributed by atoms with van der Waals surface area (Å²) in [6, 6.07) is 10.8. The highest BCUT2D eigenvalue weighted by Gasteiger charge is 2.44. The highest BCUT2D eigenvalue weighted by molar-refractivity contribution is 5.82. The van der Waals surface area contributed by atoms with Gasteiger partial charge in [0.25, 0.3) is 5.56 Å². The van der Waals surface area contributed by atoms with Crippen LogP contribution in [0.3, 0.4) is 0 Å². The Morgan fingerprint density at radius 3 is 2.70 bits per heavy atom. The van der Waals surface area contributed by atoms with Gasteiger partial charge in [-0.05, 0) is 30.4 Å². The molecule has 142 valence electrons. The largest absolute Gasteiger partial charge is 0.441 e. The molecule has 1 spiro atoms. The van der Waals surface area contributed by atoms with Crippen LogP contribution in [0.4, 0.5) is 4.79 Å². The van der Waals surface area contributed by atoms with E-state index in [2.05, 4.69) is 0 Å². The van der Waals surface area contributed by atoms with E-state index in [1.807, 2.05) is 24.3 Å². The topological polar surface area (TPSA) is 71.8 Å². The molecule has 7 heteroatoms. The number of carbonyl (C=O) groups excluding carboxylic acids is 2. The number of benzene rings is 1. The molecular formula is C20H23N3O4. The number of carbonyl (C=O) groups is 2.